The highest BCUT2D eigenvalue weighted by Gasteiger charge is 2.30. The fourth-order valence-corrected chi connectivity index (χ4v) is 10.2. The van der Waals surface area contributed by atoms with Gasteiger partial charge in [-0.3, -0.25) is 19.2 Å². The summed E-state index contributed by atoms with van der Waals surface area (Å²) in [5.74, 6) is -1.69. The first-order valence-corrected chi connectivity index (χ1v) is 27.2. The van der Waals surface area contributed by atoms with Gasteiger partial charge in [-0.1, -0.05) is 129 Å². The smallest absolute Gasteiger partial charge is 0.366 e. The Morgan fingerprint density at radius 2 is 0.674 bits per heavy atom. The maximum atomic E-state index is 13.2. The van der Waals surface area contributed by atoms with Gasteiger partial charge in [0.05, 0.1) is 5.56 Å². The molecular weight excluding hydrogens is 1090 g/mol. The summed E-state index contributed by atoms with van der Waals surface area (Å²) in [7, 11) is 0. The number of amides is 4. The molecule has 0 fully saturated rings. The molecule has 4 amide bonds. The Labute approximate surface area is 490 Å². The molecule has 0 aliphatic heterocycles. The molecule has 13 rings (SSSR count). The van der Waals surface area contributed by atoms with E-state index in [-0.39, 0.29) is 5.82 Å². The van der Waals surface area contributed by atoms with Crippen molar-refractivity contribution in [1.82, 2.24) is 19.9 Å². The van der Waals surface area contributed by atoms with Gasteiger partial charge in [0.25, 0.3) is 0 Å². The van der Waals surface area contributed by atoms with E-state index >= 15 is 0 Å². The SMILES string of the molecule is CC(C)c1cccc(-c2cc3c(C(N)=O)cccc3[nH]2)c1.NC(=O)c1cccc2[nH]c(-c3cccc(-c4ccccc4)c3)cc12.NC(=O)c1cccc2[nH]c(-c3cccc(C(F)(F)F)c3)cc12.NC(=O)c1cccc2[nH]c(-c3cccc(F)c3)cc12. The molecule has 0 bridgehead atoms. The van der Waals surface area contributed by atoms with Crippen molar-refractivity contribution in [3.05, 3.63) is 264 Å². The highest BCUT2D eigenvalue weighted by Crippen LogP contribution is 2.35. The predicted octanol–water partition coefficient (Wildman–Crippen LogP) is 15.7. The Morgan fingerprint density at radius 1 is 0.349 bits per heavy atom. The zero-order valence-corrected chi connectivity index (χ0v) is 46.4. The van der Waals surface area contributed by atoms with Crippen molar-refractivity contribution in [3.8, 4) is 56.2 Å². The number of aromatic amines is 4. The lowest BCUT2D eigenvalue weighted by Crippen LogP contribution is -2.10. The third-order valence-electron chi connectivity index (χ3n) is 14.5. The van der Waals surface area contributed by atoms with Crippen molar-refractivity contribution >= 4 is 67.2 Å². The fraction of sp³-hybridized carbons (Fsp3) is 0.0571. The monoisotopic (exact) mass is 1150 g/mol. The third-order valence-corrected chi connectivity index (χ3v) is 14.5. The van der Waals surface area contributed by atoms with Gasteiger partial charge in [0.1, 0.15) is 5.82 Å². The molecule has 0 atom stereocenters. The molecule has 0 radical (unpaired) electrons. The van der Waals surface area contributed by atoms with Crippen LogP contribution in [0.5, 0.6) is 0 Å². The number of alkyl halides is 3. The van der Waals surface area contributed by atoms with Crippen LogP contribution in [0.15, 0.2) is 224 Å². The quantitative estimate of drug-likeness (QED) is 0.0624. The molecule has 0 aliphatic rings. The molecule has 0 spiro atoms. The van der Waals surface area contributed by atoms with Gasteiger partial charge in [-0.2, -0.15) is 13.2 Å². The molecule has 16 heteroatoms. The summed E-state index contributed by atoms with van der Waals surface area (Å²) in [5.41, 5.74) is 36.1. The number of aromatic nitrogens is 4. The maximum Gasteiger partial charge on any atom is 0.416 e. The number of benzene rings is 9. The Hall–Kier alpha value is -11.3. The minimum absolute atomic E-state index is 0.300. The van der Waals surface area contributed by atoms with E-state index in [1.165, 1.54) is 29.3 Å². The van der Waals surface area contributed by atoms with Gasteiger partial charge in [0, 0.05) is 94.2 Å². The number of hydrogen-bond donors (Lipinski definition) is 8. The standard InChI is InChI=1S/C21H16N2O.C18H18N2O.C16H11F3N2O.C15H11FN2O/c22-21(24)17-10-5-11-19-18(17)13-20(23-19)16-9-4-8-15(12-16)14-6-2-1-3-7-14;1-11(2)12-5-3-6-13(9-12)17-10-15-14(18(19)21)7-4-8-16(15)20-17;17-16(18,19)10-4-1-3-9(7-10)14-8-12-11(15(20)22)5-2-6-13(12)21-14;16-10-4-1-3-9(7-10)14-8-12-11(15(17)19)5-2-6-13(12)18-14/h1-13,23H,(H2,22,24);3-11,20H,1-2H3,(H2,19,21);1-8,21H,(H2,20,22);1-8,18H,(H2,17,19). The van der Waals surface area contributed by atoms with Crippen LogP contribution in [0.3, 0.4) is 0 Å². The topological polar surface area (TPSA) is 236 Å². The molecule has 86 heavy (non-hydrogen) atoms. The zero-order chi connectivity index (χ0) is 60.8. The van der Waals surface area contributed by atoms with E-state index in [2.05, 4.69) is 88.4 Å². The lowest BCUT2D eigenvalue weighted by Gasteiger charge is -2.07. The highest BCUT2D eigenvalue weighted by atomic mass is 19.4. The van der Waals surface area contributed by atoms with E-state index in [0.29, 0.717) is 50.3 Å². The number of halogens is 4. The van der Waals surface area contributed by atoms with E-state index in [9.17, 15) is 36.7 Å². The lowest BCUT2D eigenvalue weighted by molar-refractivity contribution is -0.137. The Kier molecular flexibility index (Phi) is 16.6. The van der Waals surface area contributed by atoms with Crippen molar-refractivity contribution in [1.29, 1.82) is 0 Å². The number of nitrogens with one attached hydrogen (secondary N) is 4. The van der Waals surface area contributed by atoms with Crippen LogP contribution in [0, 0.1) is 5.82 Å². The van der Waals surface area contributed by atoms with Crippen LogP contribution in [0.4, 0.5) is 17.6 Å². The molecule has 0 saturated carbocycles. The molecule has 12 nitrogen and oxygen atoms in total. The average Bonchev–Trinajstić information content (AvgIpc) is 2.61. The number of hydrogen-bond acceptors (Lipinski definition) is 4. The average molecular weight is 1150 g/mol. The van der Waals surface area contributed by atoms with E-state index in [4.69, 9.17) is 22.9 Å². The first-order chi connectivity index (χ1) is 41.3. The van der Waals surface area contributed by atoms with Gasteiger partial charge in [-0.05, 0) is 148 Å². The highest BCUT2D eigenvalue weighted by molar-refractivity contribution is 6.09. The third kappa shape index (κ3) is 12.8. The molecular formula is C70H56F4N8O4. The molecule has 0 saturated heterocycles. The van der Waals surface area contributed by atoms with E-state index < -0.39 is 35.4 Å². The number of carbonyl (C=O) groups excluding carboxylic acids is 4. The zero-order valence-electron chi connectivity index (χ0n) is 46.4. The summed E-state index contributed by atoms with van der Waals surface area (Å²) in [6.07, 6.45) is -4.40. The van der Waals surface area contributed by atoms with Crippen molar-refractivity contribution in [2.45, 2.75) is 25.9 Å². The van der Waals surface area contributed by atoms with Gasteiger partial charge in [-0.25, -0.2) is 4.39 Å². The Balaban J connectivity index is 0.000000128. The van der Waals surface area contributed by atoms with Crippen molar-refractivity contribution in [2.24, 2.45) is 22.9 Å². The summed E-state index contributed by atoms with van der Waals surface area (Å²) < 4.78 is 51.6. The number of rotatable bonds is 10. The van der Waals surface area contributed by atoms with Crippen molar-refractivity contribution < 1.29 is 36.7 Å². The predicted molar refractivity (Wildman–Crippen MR) is 333 cm³/mol. The largest absolute Gasteiger partial charge is 0.416 e. The molecule has 4 heterocycles. The van der Waals surface area contributed by atoms with Crippen LogP contribution >= 0.6 is 0 Å². The minimum atomic E-state index is -4.40. The van der Waals surface area contributed by atoms with Crippen LogP contribution in [-0.2, 0) is 6.18 Å². The molecule has 0 aliphatic carbocycles. The minimum Gasteiger partial charge on any atom is -0.366 e. The van der Waals surface area contributed by atoms with Crippen LogP contribution in [0.1, 0.15) is 72.3 Å². The summed E-state index contributed by atoms with van der Waals surface area (Å²) in [5, 5.41) is 3.05. The molecule has 0 unspecified atom stereocenters. The van der Waals surface area contributed by atoms with Gasteiger partial charge in [-0.15, -0.1) is 0 Å². The number of primary amides is 4. The number of fused-ring (bicyclic) bond motifs is 4. The molecule has 9 aromatic carbocycles. The first kappa shape index (κ1) is 58.0. The van der Waals surface area contributed by atoms with Gasteiger partial charge < -0.3 is 42.9 Å². The Bertz CT molecular complexity index is 4670. The second kappa shape index (κ2) is 24.7. The van der Waals surface area contributed by atoms with Gasteiger partial charge in [0.2, 0.25) is 23.6 Å². The van der Waals surface area contributed by atoms with Crippen LogP contribution in [-0.4, -0.2) is 43.6 Å². The van der Waals surface area contributed by atoms with Crippen molar-refractivity contribution in [3.63, 3.8) is 0 Å². The first-order valence-electron chi connectivity index (χ1n) is 27.2. The number of carbonyl (C=O) groups is 4. The van der Waals surface area contributed by atoms with Crippen LogP contribution in [0.25, 0.3) is 99.8 Å². The number of nitrogens with two attached hydrogens (primary N) is 4. The molecule has 12 N–H and O–H groups in total. The normalized spacial score (nSPS) is 11.2. The van der Waals surface area contributed by atoms with Crippen LogP contribution < -0.4 is 22.9 Å². The molecule has 4 aromatic heterocycles. The summed E-state index contributed by atoms with van der Waals surface area (Å²) in [6, 6.07) is 67.1. The Morgan fingerprint density at radius 3 is 1.06 bits per heavy atom. The maximum absolute atomic E-state index is 13.2. The summed E-state index contributed by atoms with van der Waals surface area (Å²) >= 11 is 0. The van der Waals surface area contributed by atoms with E-state index in [1.807, 2.05) is 72.8 Å². The summed E-state index contributed by atoms with van der Waals surface area (Å²) in [6.45, 7) is 4.35. The number of H-pyrrole nitrogens is 4. The van der Waals surface area contributed by atoms with Crippen LogP contribution in [0.2, 0.25) is 0 Å². The second-order valence-corrected chi connectivity index (χ2v) is 20.6. The van der Waals surface area contributed by atoms with Gasteiger partial charge >= 0.3 is 6.18 Å². The van der Waals surface area contributed by atoms with E-state index in [0.717, 1.165) is 84.2 Å². The van der Waals surface area contributed by atoms with Crippen molar-refractivity contribution in [2.75, 3.05) is 0 Å². The molecule has 13 aromatic rings. The fourth-order valence-electron chi connectivity index (χ4n) is 10.2. The lowest BCUT2D eigenvalue weighted by atomic mass is 9.99. The second-order valence-electron chi connectivity index (χ2n) is 20.6. The summed E-state index contributed by atoms with van der Waals surface area (Å²) in [4.78, 5) is 58.8. The van der Waals surface area contributed by atoms with E-state index in [1.54, 1.807) is 66.7 Å². The van der Waals surface area contributed by atoms with Gasteiger partial charge in [0.15, 0.2) is 0 Å². The molecule has 428 valence electrons.